The highest BCUT2D eigenvalue weighted by molar-refractivity contribution is 4.88. The van der Waals surface area contributed by atoms with Crippen LogP contribution in [0, 0.1) is 11.8 Å². The molecule has 0 aromatic carbocycles. The van der Waals surface area contributed by atoms with Gasteiger partial charge < -0.3 is 5.32 Å². The molecular weight excluding hydrogens is 220 g/mol. The molecule has 0 spiro atoms. The number of rotatable bonds is 7. The maximum atomic E-state index is 3.75. The van der Waals surface area contributed by atoms with Crippen LogP contribution in [0.15, 0.2) is 0 Å². The summed E-state index contributed by atoms with van der Waals surface area (Å²) < 4.78 is 0. The molecule has 108 valence electrons. The molecule has 1 rings (SSSR count). The van der Waals surface area contributed by atoms with Crippen molar-refractivity contribution in [1.82, 2.24) is 10.2 Å². The molecule has 18 heavy (non-hydrogen) atoms. The second kappa shape index (κ2) is 8.16. The van der Waals surface area contributed by atoms with Gasteiger partial charge in [0.05, 0.1) is 0 Å². The number of hydrogen-bond donors (Lipinski definition) is 1. The predicted molar refractivity (Wildman–Crippen MR) is 81.0 cm³/mol. The monoisotopic (exact) mass is 254 g/mol. The first-order chi connectivity index (χ1) is 8.62. The Morgan fingerprint density at radius 2 is 1.83 bits per heavy atom. The first-order valence-corrected chi connectivity index (χ1v) is 8.09. The van der Waals surface area contributed by atoms with Gasteiger partial charge >= 0.3 is 0 Å². The second-order valence-corrected chi connectivity index (χ2v) is 6.34. The summed E-state index contributed by atoms with van der Waals surface area (Å²) in [5, 5.41) is 3.75. The molecule has 0 aliphatic carbocycles. The van der Waals surface area contributed by atoms with E-state index in [0.29, 0.717) is 0 Å². The zero-order valence-electron chi connectivity index (χ0n) is 13.2. The van der Waals surface area contributed by atoms with E-state index < -0.39 is 0 Å². The fraction of sp³-hybridized carbons (Fsp3) is 1.00. The van der Waals surface area contributed by atoms with E-state index in [1.54, 1.807) is 0 Å². The summed E-state index contributed by atoms with van der Waals surface area (Å²) in [6.07, 6.45) is 5.26. The van der Waals surface area contributed by atoms with E-state index >= 15 is 0 Å². The summed E-state index contributed by atoms with van der Waals surface area (Å²) in [5.41, 5.74) is 0. The molecule has 0 saturated carbocycles. The van der Waals surface area contributed by atoms with Crippen LogP contribution in [-0.4, -0.2) is 36.6 Å². The van der Waals surface area contributed by atoms with E-state index in [4.69, 9.17) is 0 Å². The minimum absolute atomic E-state index is 0.722. The van der Waals surface area contributed by atoms with Crippen molar-refractivity contribution in [3.8, 4) is 0 Å². The van der Waals surface area contributed by atoms with Crippen LogP contribution in [0.5, 0.6) is 0 Å². The maximum Gasteiger partial charge on any atom is 0.0244 e. The van der Waals surface area contributed by atoms with E-state index in [2.05, 4.69) is 44.8 Å². The summed E-state index contributed by atoms with van der Waals surface area (Å²) in [6.45, 7) is 15.4. The van der Waals surface area contributed by atoms with Crippen LogP contribution in [0.3, 0.4) is 0 Å². The maximum absolute atomic E-state index is 3.75. The van der Waals surface area contributed by atoms with Crippen LogP contribution in [0.25, 0.3) is 0 Å². The Morgan fingerprint density at radius 1 is 1.17 bits per heavy atom. The normalized spacial score (nSPS) is 26.2. The molecule has 2 heteroatoms. The van der Waals surface area contributed by atoms with E-state index in [1.165, 1.54) is 45.3 Å². The summed E-state index contributed by atoms with van der Waals surface area (Å²) >= 11 is 0. The van der Waals surface area contributed by atoms with Gasteiger partial charge in [0.2, 0.25) is 0 Å². The molecule has 0 bridgehead atoms. The average molecular weight is 254 g/mol. The Balaban J connectivity index is 2.59. The van der Waals surface area contributed by atoms with Gasteiger partial charge in [-0.15, -0.1) is 0 Å². The van der Waals surface area contributed by atoms with Gasteiger partial charge in [-0.05, 0) is 18.3 Å². The number of nitrogens with zero attached hydrogens (tertiary/aromatic N) is 1. The van der Waals surface area contributed by atoms with Crippen molar-refractivity contribution in [3.05, 3.63) is 0 Å². The Hall–Kier alpha value is -0.0800. The zero-order valence-corrected chi connectivity index (χ0v) is 13.2. The highest BCUT2D eigenvalue weighted by Crippen LogP contribution is 2.20. The largest absolute Gasteiger partial charge is 0.311 e. The predicted octanol–water partition coefficient (Wildman–Crippen LogP) is 3.52. The molecule has 1 aliphatic heterocycles. The quantitative estimate of drug-likeness (QED) is 0.748. The highest BCUT2D eigenvalue weighted by atomic mass is 15.2. The van der Waals surface area contributed by atoms with Gasteiger partial charge in [-0.3, -0.25) is 4.90 Å². The molecule has 1 heterocycles. The molecular formula is C16H34N2. The third-order valence-corrected chi connectivity index (χ3v) is 4.59. The van der Waals surface area contributed by atoms with Gasteiger partial charge in [0.15, 0.2) is 0 Å². The molecule has 1 N–H and O–H groups in total. The Morgan fingerprint density at radius 3 is 2.33 bits per heavy atom. The van der Waals surface area contributed by atoms with Gasteiger partial charge in [0.25, 0.3) is 0 Å². The van der Waals surface area contributed by atoms with E-state index in [1.807, 2.05) is 0 Å². The lowest BCUT2D eigenvalue weighted by Gasteiger charge is -2.43. The summed E-state index contributed by atoms with van der Waals surface area (Å²) in [6, 6.07) is 1.46. The molecule has 2 atom stereocenters. The topological polar surface area (TPSA) is 15.3 Å². The van der Waals surface area contributed by atoms with Crippen LogP contribution in [0.1, 0.15) is 60.3 Å². The molecule has 1 fully saturated rings. The van der Waals surface area contributed by atoms with Crippen LogP contribution in [0.4, 0.5) is 0 Å². The lowest BCUT2D eigenvalue weighted by Crippen LogP contribution is -2.59. The van der Waals surface area contributed by atoms with Crippen LogP contribution in [-0.2, 0) is 0 Å². The Labute approximate surface area is 115 Å². The highest BCUT2D eigenvalue weighted by Gasteiger charge is 2.30. The number of nitrogens with one attached hydrogen (secondary N) is 1. The summed E-state index contributed by atoms with van der Waals surface area (Å²) in [5.74, 6) is 1.64. The Bertz CT molecular complexity index is 211. The van der Waals surface area contributed by atoms with E-state index in [9.17, 15) is 0 Å². The lowest BCUT2D eigenvalue weighted by molar-refractivity contribution is 0.0774. The van der Waals surface area contributed by atoms with Gasteiger partial charge in [0.1, 0.15) is 0 Å². The van der Waals surface area contributed by atoms with Crippen molar-refractivity contribution in [2.75, 3.05) is 19.6 Å². The third kappa shape index (κ3) is 4.55. The van der Waals surface area contributed by atoms with Crippen LogP contribution in [0.2, 0.25) is 0 Å². The molecule has 2 nitrogen and oxygen atoms in total. The molecule has 0 radical (unpaired) electrons. The number of piperazine rings is 1. The Kier molecular flexibility index (Phi) is 7.25. The second-order valence-electron chi connectivity index (χ2n) is 6.34. The van der Waals surface area contributed by atoms with Gasteiger partial charge in [-0.1, -0.05) is 53.9 Å². The van der Waals surface area contributed by atoms with Crippen LogP contribution >= 0.6 is 0 Å². The van der Waals surface area contributed by atoms with Crippen molar-refractivity contribution in [3.63, 3.8) is 0 Å². The molecule has 1 saturated heterocycles. The standard InChI is InChI=1S/C16H34N2/c1-6-9-15-12-18(11-14(7-2)8-3)16(10-17-15)13(4)5/h13-17H,6-12H2,1-5H3. The molecule has 0 aromatic heterocycles. The van der Waals surface area contributed by atoms with Crippen molar-refractivity contribution >= 4 is 0 Å². The van der Waals surface area contributed by atoms with Crippen molar-refractivity contribution in [2.24, 2.45) is 11.8 Å². The summed E-state index contributed by atoms with van der Waals surface area (Å²) in [4.78, 5) is 2.78. The molecule has 2 unspecified atom stereocenters. The molecule has 0 aromatic rings. The zero-order chi connectivity index (χ0) is 13.5. The fourth-order valence-electron chi connectivity index (χ4n) is 3.19. The first kappa shape index (κ1) is 16.0. The van der Waals surface area contributed by atoms with Crippen LogP contribution < -0.4 is 5.32 Å². The van der Waals surface area contributed by atoms with Crippen molar-refractivity contribution in [1.29, 1.82) is 0 Å². The SMILES string of the molecule is CCCC1CN(CC(CC)CC)C(C(C)C)CN1. The smallest absolute Gasteiger partial charge is 0.0244 e. The minimum atomic E-state index is 0.722. The fourth-order valence-corrected chi connectivity index (χ4v) is 3.19. The van der Waals surface area contributed by atoms with Crippen molar-refractivity contribution < 1.29 is 0 Å². The number of hydrogen-bond acceptors (Lipinski definition) is 2. The van der Waals surface area contributed by atoms with E-state index in [0.717, 1.165) is 23.9 Å². The van der Waals surface area contributed by atoms with Gasteiger partial charge in [-0.25, -0.2) is 0 Å². The third-order valence-electron chi connectivity index (χ3n) is 4.59. The minimum Gasteiger partial charge on any atom is -0.311 e. The summed E-state index contributed by atoms with van der Waals surface area (Å²) in [7, 11) is 0. The van der Waals surface area contributed by atoms with Crippen molar-refractivity contribution in [2.45, 2.75) is 72.4 Å². The average Bonchev–Trinajstić information content (AvgIpc) is 2.36. The molecule has 1 aliphatic rings. The molecule has 0 amide bonds. The van der Waals surface area contributed by atoms with E-state index in [-0.39, 0.29) is 0 Å². The lowest BCUT2D eigenvalue weighted by atomic mass is 9.94. The first-order valence-electron chi connectivity index (χ1n) is 8.09. The van der Waals surface area contributed by atoms with Gasteiger partial charge in [-0.2, -0.15) is 0 Å². The van der Waals surface area contributed by atoms with Gasteiger partial charge in [0, 0.05) is 31.7 Å².